The van der Waals surface area contributed by atoms with Crippen LogP contribution in [0.2, 0.25) is 0 Å². The number of halogens is 1. The Labute approximate surface area is 114 Å². The van der Waals surface area contributed by atoms with Gasteiger partial charge in [0.2, 0.25) is 0 Å². The first-order valence-electron chi connectivity index (χ1n) is 6.53. The smallest absolute Gasteiger partial charge is 0.145 e. The Kier molecular flexibility index (Phi) is 5.46. The molecule has 0 saturated carbocycles. The first kappa shape index (κ1) is 15.6. The predicted octanol–water partition coefficient (Wildman–Crippen LogP) is 2.50. The number of nitrogens with zero attached hydrogens (tertiary/aromatic N) is 2. The van der Waals surface area contributed by atoms with Crippen LogP contribution in [0.15, 0.2) is 18.2 Å². The number of nitriles is 1. The van der Waals surface area contributed by atoms with Gasteiger partial charge in [0.05, 0.1) is 5.56 Å². The van der Waals surface area contributed by atoms with Crippen LogP contribution in [0.3, 0.4) is 0 Å². The molecule has 0 radical (unpaired) electrons. The Hall–Kier alpha value is -1.44. The number of rotatable bonds is 6. The van der Waals surface area contributed by atoms with Gasteiger partial charge >= 0.3 is 0 Å². The van der Waals surface area contributed by atoms with E-state index in [0.29, 0.717) is 18.7 Å². The molecule has 0 unspecified atom stereocenters. The van der Waals surface area contributed by atoms with Crippen LogP contribution in [0.4, 0.5) is 4.39 Å². The monoisotopic (exact) mass is 263 g/mol. The van der Waals surface area contributed by atoms with Gasteiger partial charge in [0, 0.05) is 18.7 Å². The Morgan fingerprint density at radius 3 is 2.63 bits per heavy atom. The second-order valence-electron chi connectivity index (χ2n) is 5.56. The molecule has 0 saturated heterocycles. The zero-order chi connectivity index (χ0) is 14.5. The first-order chi connectivity index (χ1) is 8.93. The van der Waals surface area contributed by atoms with Crippen LogP contribution in [0.1, 0.15) is 31.9 Å². The molecule has 0 amide bonds. The Bertz CT molecular complexity index is 463. The summed E-state index contributed by atoms with van der Waals surface area (Å²) in [4.78, 5) is 2.15. The van der Waals surface area contributed by atoms with E-state index in [0.717, 1.165) is 13.1 Å². The zero-order valence-corrected chi connectivity index (χ0v) is 11.9. The van der Waals surface area contributed by atoms with Crippen molar-refractivity contribution >= 4 is 0 Å². The molecule has 1 aromatic rings. The van der Waals surface area contributed by atoms with Crippen molar-refractivity contribution in [3.8, 4) is 6.07 Å². The lowest BCUT2D eigenvalue weighted by atomic mass is 9.93. The average Bonchev–Trinajstić information content (AvgIpc) is 2.40. The third-order valence-corrected chi connectivity index (χ3v) is 3.24. The molecule has 1 aromatic carbocycles. The summed E-state index contributed by atoms with van der Waals surface area (Å²) in [5.74, 6) is -0.408. The molecule has 104 valence electrons. The molecule has 3 nitrogen and oxygen atoms in total. The summed E-state index contributed by atoms with van der Waals surface area (Å²) < 4.78 is 14.0. The summed E-state index contributed by atoms with van der Waals surface area (Å²) in [6.07, 6.45) is 0. The minimum Gasteiger partial charge on any atom is -0.330 e. The molecule has 0 aromatic heterocycles. The van der Waals surface area contributed by atoms with Gasteiger partial charge in [-0.1, -0.05) is 32.9 Å². The molecule has 0 fully saturated rings. The maximum absolute atomic E-state index is 14.0. The molecule has 0 atom stereocenters. The molecule has 0 aliphatic carbocycles. The van der Waals surface area contributed by atoms with E-state index >= 15 is 0 Å². The minimum absolute atomic E-state index is 0.000670. The number of nitrogens with two attached hydrogens (primary N) is 1. The van der Waals surface area contributed by atoms with Crippen molar-refractivity contribution in [2.45, 2.75) is 27.3 Å². The topological polar surface area (TPSA) is 53.0 Å². The Morgan fingerprint density at radius 1 is 1.42 bits per heavy atom. The van der Waals surface area contributed by atoms with Gasteiger partial charge < -0.3 is 5.73 Å². The van der Waals surface area contributed by atoms with Crippen LogP contribution >= 0.6 is 0 Å². The van der Waals surface area contributed by atoms with Crippen molar-refractivity contribution in [2.24, 2.45) is 11.1 Å². The molecule has 19 heavy (non-hydrogen) atoms. The van der Waals surface area contributed by atoms with E-state index in [2.05, 4.69) is 18.7 Å². The van der Waals surface area contributed by atoms with Crippen molar-refractivity contribution in [1.29, 1.82) is 5.26 Å². The molecule has 0 heterocycles. The molecule has 0 aliphatic rings. The fourth-order valence-corrected chi connectivity index (χ4v) is 1.98. The van der Waals surface area contributed by atoms with Gasteiger partial charge in [0.1, 0.15) is 11.9 Å². The maximum atomic E-state index is 14.0. The van der Waals surface area contributed by atoms with Crippen molar-refractivity contribution < 1.29 is 4.39 Å². The van der Waals surface area contributed by atoms with E-state index in [-0.39, 0.29) is 11.0 Å². The Morgan fingerprint density at radius 2 is 2.11 bits per heavy atom. The molecular formula is C15H22FN3. The van der Waals surface area contributed by atoms with Crippen molar-refractivity contribution in [1.82, 2.24) is 4.90 Å². The van der Waals surface area contributed by atoms with Gasteiger partial charge in [-0.15, -0.1) is 0 Å². The summed E-state index contributed by atoms with van der Waals surface area (Å²) in [5.41, 5.74) is 6.40. The van der Waals surface area contributed by atoms with Crippen molar-refractivity contribution in [2.75, 3.05) is 19.6 Å². The van der Waals surface area contributed by atoms with Crippen LogP contribution < -0.4 is 5.73 Å². The lowest BCUT2D eigenvalue weighted by Crippen LogP contribution is -2.38. The van der Waals surface area contributed by atoms with Crippen LogP contribution in [-0.2, 0) is 6.54 Å². The minimum atomic E-state index is -0.408. The molecule has 0 bridgehead atoms. The van der Waals surface area contributed by atoms with Crippen molar-refractivity contribution in [3.63, 3.8) is 0 Å². The highest BCUT2D eigenvalue weighted by molar-refractivity contribution is 5.34. The third kappa shape index (κ3) is 4.30. The number of hydrogen-bond acceptors (Lipinski definition) is 3. The van der Waals surface area contributed by atoms with E-state index in [1.165, 1.54) is 6.07 Å². The normalized spacial score (nSPS) is 11.6. The van der Waals surface area contributed by atoms with Gasteiger partial charge in [-0.25, -0.2) is 4.39 Å². The van der Waals surface area contributed by atoms with Crippen LogP contribution in [0.25, 0.3) is 0 Å². The number of benzene rings is 1. The Balaban J connectivity index is 2.85. The maximum Gasteiger partial charge on any atom is 0.145 e. The highest BCUT2D eigenvalue weighted by Gasteiger charge is 2.20. The predicted molar refractivity (Wildman–Crippen MR) is 74.9 cm³/mol. The van der Waals surface area contributed by atoms with E-state index in [4.69, 9.17) is 11.0 Å². The van der Waals surface area contributed by atoms with Crippen LogP contribution in [-0.4, -0.2) is 24.5 Å². The standard InChI is InChI=1S/C15H22FN3/c1-4-19(11-15(2,3)10-18)9-13-7-5-6-12(8-17)14(13)16/h5-7H,4,9-11,18H2,1-3H3. The van der Waals surface area contributed by atoms with Gasteiger partial charge in [-0.2, -0.15) is 5.26 Å². The highest BCUT2D eigenvalue weighted by atomic mass is 19.1. The molecule has 0 spiro atoms. The van der Waals surface area contributed by atoms with E-state index in [1.54, 1.807) is 12.1 Å². The average molecular weight is 263 g/mol. The summed E-state index contributed by atoms with van der Waals surface area (Å²) in [6.45, 7) is 8.94. The lowest BCUT2D eigenvalue weighted by Gasteiger charge is -2.31. The lowest BCUT2D eigenvalue weighted by molar-refractivity contribution is 0.181. The second-order valence-corrected chi connectivity index (χ2v) is 5.56. The van der Waals surface area contributed by atoms with E-state index < -0.39 is 5.82 Å². The summed E-state index contributed by atoms with van der Waals surface area (Å²) in [7, 11) is 0. The second kappa shape index (κ2) is 6.65. The largest absolute Gasteiger partial charge is 0.330 e. The first-order valence-corrected chi connectivity index (χ1v) is 6.53. The molecule has 2 N–H and O–H groups in total. The van der Waals surface area contributed by atoms with Crippen LogP contribution in [0, 0.1) is 22.6 Å². The molecule has 0 aliphatic heterocycles. The fraction of sp³-hybridized carbons (Fsp3) is 0.533. The van der Waals surface area contributed by atoms with Crippen LogP contribution in [0.5, 0.6) is 0 Å². The molecular weight excluding hydrogens is 241 g/mol. The van der Waals surface area contributed by atoms with Gasteiger partial charge in [0.25, 0.3) is 0 Å². The highest BCUT2D eigenvalue weighted by Crippen LogP contribution is 2.19. The van der Waals surface area contributed by atoms with Gasteiger partial charge in [-0.05, 0) is 24.6 Å². The van der Waals surface area contributed by atoms with E-state index in [9.17, 15) is 4.39 Å². The van der Waals surface area contributed by atoms with E-state index in [1.807, 2.05) is 13.0 Å². The van der Waals surface area contributed by atoms with Gasteiger partial charge in [-0.3, -0.25) is 4.90 Å². The molecule has 4 heteroatoms. The summed E-state index contributed by atoms with van der Waals surface area (Å²) >= 11 is 0. The van der Waals surface area contributed by atoms with Gasteiger partial charge in [0.15, 0.2) is 0 Å². The zero-order valence-electron chi connectivity index (χ0n) is 11.9. The fourth-order valence-electron chi connectivity index (χ4n) is 1.98. The summed E-state index contributed by atoms with van der Waals surface area (Å²) in [5, 5.41) is 8.84. The quantitative estimate of drug-likeness (QED) is 0.858. The number of hydrogen-bond donors (Lipinski definition) is 1. The SMILES string of the molecule is CCN(Cc1cccc(C#N)c1F)CC(C)(C)CN. The molecule has 1 rings (SSSR count). The van der Waals surface area contributed by atoms with Crippen molar-refractivity contribution in [3.05, 3.63) is 35.1 Å². The summed E-state index contributed by atoms with van der Waals surface area (Å²) in [6, 6.07) is 6.82. The third-order valence-electron chi connectivity index (χ3n) is 3.24.